The summed E-state index contributed by atoms with van der Waals surface area (Å²) in [5.41, 5.74) is 6.17. The molecule has 3 amide bonds. The standard InChI is InChI=1S/C19H25N3O5/c1-3-27-17(24)11-7-10-15(18(20)25)22-19(26)16(21-13(2)23)12-14-8-5-4-6-9-14/h4-9,11,15-16H,3,10,12H2,1-2H3,(H2,20,25)(H,21,23)(H,22,26)/b11-7+/t15-,16-/m0/s1. The number of nitrogens with one attached hydrogen (secondary N) is 2. The van der Waals surface area contributed by atoms with Crippen LogP contribution in [0.3, 0.4) is 0 Å². The summed E-state index contributed by atoms with van der Waals surface area (Å²) >= 11 is 0. The lowest BCUT2D eigenvalue weighted by Crippen LogP contribution is -2.53. The maximum Gasteiger partial charge on any atom is 0.330 e. The molecule has 0 radical (unpaired) electrons. The fraction of sp³-hybridized carbons (Fsp3) is 0.368. The van der Waals surface area contributed by atoms with Crippen LogP contribution in [-0.4, -0.2) is 42.4 Å². The normalized spacial score (nSPS) is 12.8. The molecule has 146 valence electrons. The molecule has 0 heterocycles. The van der Waals surface area contributed by atoms with Gasteiger partial charge in [0, 0.05) is 19.4 Å². The maximum absolute atomic E-state index is 12.5. The molecule has 2 atom stereocenters. The molecule has 0 saturated carbocycles. The van der Waals surface area contributed by atoms with E-state index in [9.17, 15) is 19.2 Å². The molecule has 27 heavy (non-hydrogen) atoms. The highest BCUT2D eigenvalue weighted by Gasteiger charge is 2.24. The van der Waals surface area contributed by atoms with Gasteiger partial charge in [-0.05, 0) is 18.9 Å². The van der Waals surface area contributed by atoms with E-state index in [1.807, 2.05) is 30.3 Å². The van der Waals surface area contributed by atoms with E-state index in [1.165, 1.54) is 19.1 Å². The first kappa shape index (κ1) is 21.9. The van der Waals surface area contributed by atoms with Gasteiger partial charge >= 0.3 is 5.97 Å². The number of hydrogen-bond acceptors (Lipinski definition) is 5. The predicted octanol–water partition coefficient (Wildman–Crippen LogP) is 0.213. The van der Waals surface area contributed by atoms with Gasteiger partial charge in [-0.3, -0.25) is 14.4 Å². The van der Waals surface area contributed by atoms with E-state index in [4.69, 9.17) is 10.5 Å². The van der Waals surface area contributed by atoms with Gasteiger partial charge in [-0.2, -0.15) is 0 Å². The van der Waals surface area contributed by atoms with Crippen LogP contribution in [0.15, 0.2) is 42.5 Å². The molecule has 0 saturated heterocycles. The van der Waals surface area contributed by atoms with Crippen LogP contribution in [0.4, 0.5) is 0 Å². The van der Waals surface area contributed by atoms with Crippen molar-refractivity contribution in [2.75, 3.05) is 6.61 Å². The molecule has 0 fully saturated rings. The molecule has 0 aliphatic carbocycles. The highest BCUT2D eigenvalue weighted by Crippen LogP contribution is 2.05. The molecule has 1 aromatic carbocycles. The van der Waals surface area contributed by atoms with Crippen LogP contribution in [0.2, 0.25) is 0 Å². The van der Waals surface area contributed by atoms with Crippen LogP contribution in [0.5, 0.6) is 0 Å². The maximum atomic E-state index is 12.5. The predicted molar refractivity (Wildman–Crippen MR) is 99.3 cm³/mol. The van der Waals surface area contributed by atoms with Crippen LogP contribution in [0, 0.1) is 0 Å². The zero-order valence-electron chi connectivity index (χ0n) is 15.4. The lowest BCUT2D eigenvalue weighted by atomic mass is 10.0. The van der Waals surface area contributed by atoms with Gasteiger partial charge < -0.3 is 21.1 Å². The van der Waals surface area contributed by atoms with E-state index in [-0.39, 0.29) is 25.4 Å². The summed E-state index contributed by atoms with van der Waals surface area (Å²) in [5.74, 6) is -2.21. The smallest absolute Gasteiger partial charge is 0.330 e. The Labute approximate surface area is 158 Å². The van der Waals surface area contributed by atoms with Crippen molar-refractivity contribution >= 4 is 23.7 Å². The number of rotatable bonds is 10. The first-order valence-electron chi connectivity index (χ1n) is 8.57. The summed E-state index contributed by atoms with van der Waals surface area (Å²) in [6.07, 6.45) is 2.85. The lowest BCUT2D eigenvalue weighted by Gasteiger charge is -2.21. The monoisotopic (exact) mass is 375 g/mol. The van der Waals surface area contributed by atoms with Gasteiger partial charge in [-0.1, -0.05) is 36.4 Å². The quantitative estimate of drug-likeness (QED) is 0.398. The van der Waals surface area contributed by atoms with E-state index in [1.54, 1.807) is 6.92 Å². The third-order valence-electron chi connectivity index (χ3n) is 3.55. The van der Waals surface area contributed by atoms with Crippen molar-refractivity contribution in [2.45, 2.75) is 38.8 Å². The minimum atomic E-state index is -1.02. The summed E-state index contributed by atoms with van der Waals surface area (Å²) in [6.45, 7) is 3.21. The molecular weight excluding hydrogens is 350 g/mol. The third-order valence-corrected chi connectivity index (χ3v) is 3.55. The summed E-state index contributed by atoms with van der Waals surface area (Å²) < 4.78 is 4.74. The van der Waals surface area contributed by atoms with Crippen LogP contribution in [-0.2, 0) is 30.3 Å². The van der Waals surface area contributed by atoms with Crippen molar-refractivity contribution in [3.8, 4) is 0 Å². The minimum absolute atomic E-state index is 0.0258. The molecule has 0 bridgehead atoms. The number of benzene rings is 1. The second kappa shape index (κ2) is 11.5. The highest BCUT2D eigenvalue weighted by atomic mass is 16.5. The third kappa shape index (κ3) is 8.66. The number of carbonyl (C=O) groups excluding carboxylic acids is 4. The highest BCUT2D eigenvalue weighted by molar-refractivity contribution is 5.91. The molecule has 1 rings (SSSR count). The van der Waals surface area contributed by atoms with Gasteiger partial charge in [0.05, 0.1) is 6.61 Å². The van der Waals surface area contributed by atoms with Gasteiger partial charge in [-0.15, -0.1) is 0 Å². The SMILES string of the molecule is CCOC(=O)/C=C/C[C@H](NC(=O)[C@H](Cc1ccccc1)NC(C)=O)C(N)=O. The Morgan fingerprint density at radius 3 is 2.33 bits per heavy atom. The first-order valence-corrected chi connectivity index (χ1v) is 8.57. The summed E-state index contributed by atoms with van der Waals surface area (Å²) in [4.78, 5) is 46.9. The number of hydrogen-bond donors (Lipinski definition) is 3. The lowest BCUT2D eigenvalue weighted by molar-refractivity contribution is -0.137. The molecule has 0 aliphatic heterocycles. The molecule has 0 aromatic heterocycles. The van der Waals surface area contributed by atoms with E-state index < -0.39 is 29.9 Å². The molecule has 0 spiro atoms. The van der Waals surface area contributed by atoms with Crippen LogP contribution in [0.1, 0.15) is 25.8 Å². The van der Waals surface area contributed by atoms with E-state index in [0.717, 1.165) is 5.56 Å². The number of carbonyl (C=O) groups is 4. The minimum Gasteiger partial charge on any atom is -0.463 e. The second-order valence-electron chi connectivity index (χ2n) is 5.80. The van der Waals surface area contributed by atoms with Gasteiger partial charge in [0.1, 0.15) is 12.1 Å². The second-order valence-corrected chi connectivity index (χ2v) is 5.80. The summed E-state index contributed by atoms with van der Waals surface area (Å²) in [6, 6.07) is 7.27. The van der Waals surface area contributed by atoms with Gasteiger partial charge in [-0.25, -0.2) is 4.79 Å². The van der Waals surface area contributed by atoms with Crippen LogP contribution in [0.25, 0.3) is 0 Å². The Hall–Kier alpha value is -3.16. The van der Waals surface area contributed by atoms with Gasteiger partial charge in [0.25, 0.3) is 0 Å². The van der Waals surface area contributed by atoms with Crippen molar-refractivity contribution < 1.29 is 23.9 Å². The Bertz CT molecular complexity index is 688. The average molecular weight is 375 g/mol. The fourth-order valence-corrected chi connectivity index (χ4v) is 2.31. The van der Waals surface area contributed by atoms with E-state index >= 15 is 0 Å². The molecule has 0 unspecified atom stereocenters. The van der Waals surface area contributed by atoms with Crippen molar-refractivity contribution in [2.24, 2.45) is 5.73 Å². The number of esters is 1. The molecule has 8 nitrogen and oxygen atoms in total. The van der Waals surface area contributed by atoms with Crippen molar-refractivity contribution in [1.29, 1.82) is 0 Å². The molecular formula is C19H25N3O5. The molecule has 8 heteroatoms. The van der Waals surface area contributed by atoms with Crippen molar-refractivity contribution in [3.05, 3.63) is 48.0 Å². The number of primary amides is 1. The fourth-order valence-electron chi connectivity index (χ4n) is 2.31. The van der Waals surface area contributed by atoms with Gasteiger partial charge in [0.2, 0.25) is 17.7 Å². The zero-order chi connectivity index (χ0) is 20.2. The number of ether oxygens (including phenoxy) is 1. The van der Waals surface area contributed by atoms with Crippen molar-refractivity contribution in [3.63, 3.8) is 0 Å². The van der Waals surface area contributed by atoms with Crippen molar-refractivity contribution in [1.82, 2.24) is 10.6 Å². The van der Waals surface area contributed by atoms with E-state index in [0.29, 0.717) is 0 Å². The van der Waals surface area contributed by atoms with E-state index in [2.05, 4.69) is 10.6 Å². The largest absolute Gasteiger partial charge is 0.463 e. The van der Waals surface area contributed by atoms with Gasteiger partial charge in [0.15, 0.2) is 0 Å². The molecule has 4 N–H and O–H groups in total. The Morgan fingerprint density at radius 2 is 1.78 bits per heavy atom. The Balaban J connectivity index is 2.77. The Kier molecular flexibility index (Phi) is 9.28. The summed E-state index contributed by atoms with van der Waals surface area (Å²) in [7, 11) is 0. The van der Waals surface area contributed by atoms with Crippen LogP contribution < -0.4 is 16.4 Å². The van der Waals surface area contributed by atoms with Crippen LogP contribution >= 0.6 is 0 Å². The molecule has 1 aromatic rings. The first-order chi connectivity index (χ1) is 12.8. The Morgan fingerprint density at radius 1 is 1.11 bits per heavy atom. The number of amides is 3. The number of nitrogens with two attached hydrogens (primary N) is 1. The molecule has 0 aliphatic rings. The topological polar surface area (TPSA) is 128 Å². The average Bonchev–Trinajstić information content (AvgIpc) is 2.60. The summed E-state index contributed by atoms with van der Waals surface area (Å²) in [5, 5.41) is 5.08. The zero-order valence-corrected chi connectivity index (χ0v) is 15.4.